The molecule has 0 amide bonds. The normalized spacial score (nSPS) is 13.9. The van der Waals surface area contributed by atoms with Gasteiger partial charge in [-0.15, -0.1) is 0 Å². The summed E-state index contributed by atoms with van der Waals surface area (Å²) in [7, 11) is -7.70. The van der Waals surface area contributed by atoms with Gasteiger partial charge in [-0.05, 0) is 178 Å². The molecule has 0 spiro atoms. The molecule has 0 radical (unpaired) electrons. The van der Waals surface area contributed by atoms with Crippen molar-refractivity contribution in [2.75, 3.05) is 0 Å². The van der Waals surface area contributed by atoms with E-state index in [1.165, 1.54) is 0 Å². The van der Waals surface area contributed by atoms with Gasteiger partial charge >= 0.3 is 0 Å². The van der Waals surface area contributed by atoms with Crippen LogP contribution >= 0.6 is 30.2 Å². The molecule has 0 aliphatic carbocycles. The predicted octanol–water partition coefficient (Wildman–Crippen LogP) is 18.2. The fourth-order valence-corrected chi connectivity index (χ4v) is 16.0. The monoisotopic (exact) mass is 1110 g/mol. The maximum Gasteiger partial charge on any atom is 0.171 e. The Morgan fingerprint density at radius 3 is 0.733 bits per heavy atom. The summed E-state index contributed by atoms with van der Waals surface area (Å²) < 4.78 is 36.5. The van der Waals surface area contributed by atoms with Gasteiger partial charge in [-0.2, -0.15) is 0 Å². The lowest BCUT2D eigenvalue weighted by Gasteiger charge is -2.33. The Kier molecular flexibility index (Phi) is 16.3. The van der Waals surface area contributed by atoms with Gasteiger partial charge in [-0.25, -0.2) is 0 Å². The van der Waals surface area contributed by atoms with Gasteiger partial charge in [-0.1, -0.05) is 230 Å². The van der Waals surface area contributed by atoms with Crippen molar-refractivity contribution in [1.29, 1.82) is 0 Å². The molecule has 404 valence electrons. The first kappa shape index (κ1) is 60.5. The first-order valence-corrected chi connectivity index (χ1v) is 32.0. The van der Waals surface area contributed by atoms with E-state index in [0.717, 1.165) is 98.6 Å². The van der Waals surface area contributed by atoms with Gasteiger partial charge in [0.1, 0.15) is 0 Å². The van der Waals surface area contributed by atoms with Crippen LogP contribution in [0.15, 0.2) is 109 Å². The van der Waals surface area contributed by atoms with Crippen molar-refractivity contribution in [3.8, 4) is 11.1 Å². The molecule has 75 heavy (non-hydrogen) atoms. The highest BCUT2D eigenvalue weighted by atomic mass is 79.9. The Hall–Kier alpha value is -3.74. The van der Waals surface area contributed by atoms with Crippen molar-refractivity contribution in [3.05, 3.63) is 165 Å². The van der Waals surface area contributed by atoms with Crippen LogP contribution in [0.1, 0.15) is 222 Å². The van der Waals surface area contributed by atoms with Crippen molar-refractivity contribution < 1.29 is 9.13 Å². The van der Waals surface area contributed by atoms with E-state index in [9.17, 15) is 0 Å². The van der Waals surface area contributed by atoms with Crippen LogP contribution < -0.4 is 31.8 Å². The van der Waals surface area contributed by atoms with Gasteiger partial charge in [0, 0.05) is 37.2 Å². The highest BCUT2D eigenvalue weighted by Crippen LogP contribution is 2.52. The van der Waals surface area contributed by atoms with E-state index in [1.807, 2.05) is 0 Å². The molecule has 0 aliphatic rings. The molecule has 0 heterocycles. The van der Waals surface area contributed by atoms with E-state index < -0.39 is 14.3 Å². The second-order valence-corrected chi connectivity index (χ2v) is 36.3. The van der Waals surface area contributed by atoms with Gasteiger partial charge in [-0.3, -0.25) is 0 Å². The molecule has 0 unspecified atom stereocenters. The van der Waals surface area contributed by atoms with Crippen molar-refractivity contribution in [2.45, 2.75) is 222 Å². The topological polar surface area (TPSA) is 34.1 Å². The van der Waals surface area contributed by atoms with Crippen LogP contribution in [0.4, 0.5) is 0 Å². The molecule has 5 heteroatoms. The SMILES string of the molecule is Cc1ccc(P(=O)(c2cc(C(C)(C)C)cc(C(C)(C)C)c2)c2cc(C(C)(C)C)cc(C(C)(C)C)c2)c(-c2cc(CBr)ccc2P(=O)(c2cc(C(C)(C)C)cc(C(C)(C)C)c2)c2cc(C(C)(C)C)cc(C(C)(C)C)c2)c1. The zero-order valence-corrected chi connectivity index (χ0v) is 54.6. The summed E-state index contributed by atoms with van der Waals surface area (Å²) in [6, 6.07) is 40.4. The smallest absolute Gasteiger partial charge is 0.171 e. The molecule has 0 saturated carbocycles. The predicted molar refractivity (Wildman–Crippen MR) is 338 cm³/mol. The first-order chi connectivity index (χ1) is 33.8. The number of rotatable bonds is 8. The van der Waals surface area contributed by atoms with E-state index in [1.54, 1.807) is 0 Å². The molecule has 0 aliphatic heterocycles. The fraction of sp³-hybridized carbons (Fsp3) is 0.486. The zero-order chi connectivity index (χ0) is 56.8. The summed E-state index contributed by atoms with van der Waals surface area (Å²) in [6.07, 6.45) is 0. The number of hydrogen-bond donors (Lipinski definition) is 0. The van der Waals surface area contributed by atoms with Crippen LogP contribution in [0, 0.1) is 6.92 Å². The van der Waals surface area contributed by atoms with Gasteiger partial charge in [0.15, 0.2) is 14.3 Å². The minimum absolute atomic E-state index is 0.230. The number of aryl methyl sites for hydroxylation is 1. The molecule has 0 atom stereocenters. The van der Waals surface area contributed by atoms with Crippen molar-refractivity contribution in [3.63, 3.8) is 0 Å². The average Bonchev–Trinajstić information content (AvgIpc) is 3.27. The van der Waals surface area contributed by atoms with E-state index in [-0.39, 0.29) is 43.3 Å². The summed E-state index contributed by atoms with van der Waals surface area (Å²) >= 11 is 3.88. The van der Waals surface area contributed by atoms with E-state index in [0.29, 0.717) is 5.33 Å². The fourth-order valence-electron chi connectivity index (χ4n) is 9.79. The average molecular weight is 1110 g/mol. The van der Waals surface area contributed by atoms with E-state index in [4.69, 9.17) is 0 Å². The van der Waals surface area contributed by atoms with Gasteiger partial charge in [0.05, 0.1) is 0 Å². The molecule has 0 bridgehead atoms. The van der Waals surface area contributed by atoms with Crippen molar-refractivity contribution >= 4 is 62.0 Å². The van der Waals surface area contributed by atoms with Crippen LogP contribution in [0.2, 0.25) is 0 Å². The third-order valence-electron chi connectivity index (χ3n) is 15.4. The molecule has 0 N–H and O–H groups in total. The highest BCUT2D eigenvalue weighted by molar-refractivity contribution is 9.08. The molecule has 6 aromatic carbocycles. The van der Waals surface area contributed by atoms with Crippen molar-refractivity contribution in [1.82, 2.24) is 0 Å². The van der Waals surface area contributed by atoms with Gasteiger partial charge < -0.3 is 9.13 Å². The summed E-state index contributed by atoms with van der Waals surface area (Å²) in [6.45, 7) is 56.3. The van der Waals surface area contributed by atoms with Crippen LogP contribution in [0.25, 0.3) is 11.1 Å². The third-order valence-corrected chi connectivity index (χ3v) is 22.1. The maximum absolute atomic E-state index is 18.3. The molecule has 6 rings (SSSR count). The Labute approximate surface area is 466 Å². The second kappa shape index (κ2) is 20.2. The van der Waals surface area contributed by atoms with Crippen LogP contribution in [-0.2, 0) is 57.8 Å². The largest absolute Gasteiger partial charge is 0.309 e. The summed E-state index contributed by atoms with van der Waals surface area (Å²) in [5, 5.41) is 5.36. The van der Waals surface area contributed by atoms with Crippen LogP contribution in [-0.4, -0.2) is 0 Å². The standard InChI is InChI=1S/C70H95BrO2P2/c1-45-26-28-61(74(72,55-36-47(63(2,3)4)32-48(37-55)64(5,6)7)56-38-49(65(8,9)10)33-50(39-56)66(11,12)13)59(30-45)60-31-46(44-71)27-29-62(60)75(73,57-40-51(67(14,15)16)34-52(41-57)68(17,18)19)58-42-53(69(20,21)22)35-54(43-58)70(23,24)25/h26-43H,44H2,1-25H3. The lowest BCUT2D eigenvalue weighted by Crippen LogP contribution is -2.33. The number of halogens is 1. The van der Waals surface area contributed by atoms with E-state index in [2.05, 4.69) is 298 Å². The highest BCUT2D eigenvalue weighted by Gasteiger charge is 2.41. The van der Waals surface area contributed by atoms with Gasteiger partial charge in [0.25, 0.3) is 0 Å². The van der Waals surface area contributed by atoms with Crippen molar-refractivity contribution in [2.24, 2.45) is 0 Å². The Morgan fingerprint density at radius 1 is 0.307 bits per heavy atom. The van der Waals surface area contributed by atoms with Crippen LogP contribution in [0.5, 0.6) is 0 Å². The van der Waals surface area contributed by atoms with E-state index >= 15 is 9.13 Å². The minimum atomic E-state index is -3.85. The lowest BCUT2D eigenvalue weighted by molar-refractivity contribution is 0.567. The lowest BCUT2D eigenvalue weighted by atomic mass is 9.81. The summed E-state index contributed by atoms with van der Waals surface area (Å²) in [5.41, 5.74) is 11.1. The Bertz CT molecular complexity index is 2930. The van der Waals surface area contributed by atoms with Crippen LogP contribution in [0.3, 0.4) is 0 Å². The molecule has 0 fully saturated rings. The molecule has 0 aromatic heterocycles. The molecular formula is C70H95BrO2P2. The third kappa shape index (κ3) is 12.7. The quantitative estimate of drug-likeness (QED) is 0.112. The summed E-state index contributed by atoms with van der Waals surface area (Å²) in [5.74, 6) is 0. The second-order valence-electron chi connectivity index (χ2n) is 30.3. The number of benzene rings is 6. The molecule has 2 nitrogen and oxygen atoms in total. The zero-order valence-electron chi connectivity index (χ0n) is 51.2. The Morgan fingerprint density at radius 2 is 0.520 bits per heavy atom. The molecular weight excluding hydrogens is 1010 g/mol. The number of hydrogen-bond acceptors (Lipinski definition) is 2. The first-order valence-electron chi connectivity index (χ1n) is 27.5. The molecule has 6 aromatic rings. The van der Waals surface area contributed by atoms with Gasteiger partial charge in [0.2, 0.25) is 0 Å². The number of alkyl halides is 1. The Balaban J connectivity index is 1.95. The minimum Gasteiger partial charge on any atom is -0.309 e. The molecule has 0 saturated heterocycles. The summed E-state index contributed by atoms with van der Waals surface area (Å²) in [4.78, 5) is 0. The maximum atomic E-state index is 18.3.